The lowest BCUT2D eigenvalue weighted by Crippen LogP contribution is -2.16. The molecule has 0 aliphatic carbocycles. The van der Waals surface area contributed by atoms with E-state index in [4.69, 9.17) is 9.26 Å². The molecule has 0 spiro atoms. The van der Waals surface area contributed by atoms with Gasteiger partial charge in [0.25, 0.3) is 0 Å². The normalized spacial score (nSPS) is 17.4. The number of nitrogens with zero attached hydrogens (tertiary/aromatic N) is 2. The van der Waals surface area contributed by atoms with Crippen molar-refractivity contribution >= 4 is 17.5 Å². The van der Waals surface area contributed by atoms with Crippen LogP contribution in [0.1, 0.15) is 31.7 Å². The first-order valence-corrected chi connectivity index (χ1v) is 7.85. The molecule has 0 N–H and O–H groups in total. The molecule has 0 saturated carbocycles. The monoisotopic (exact) mass is 304 g/mol. The van der Waals surface area contributed by atoms with Gasteiger partial charge in [-0.05, 0) is 12.1 Å². The summed E-state index contributed by atoms with van der Waals surface area (Å²) < 4.78 is 11.0. The van der Waals surface area contributed by atoms with Crippen LogP contribution in [0.5, 0.6) is 5.75 Å². The summed E-state index contributed by atoms with van der Waals surface area (Å²) >= 11 is 1.71. The Bertz CT molecular complexity index is 654. The number of aromatic nitrogens is 2. The second-order valence-corrected chi connectivity index (χ2v) is 6.27. The number of ether oxygens (including phenoxy) is 1. The van der Waals surface area contributed by atoms with Crippen molar-refractivity contribution in [2.75, 3.05) is 5.75 Å². The van der Waals surface area contributed by atoms with Gasteiger partial charge in [-0.3, -0.25) is 4.79 Å². The highest BCUT2D eigenvalue weighted by Crippen LogP contribution is 2.39. The summed E-state index contributed by atoms with van der Waals surface area (Å²) in [5, 5.41) is 3.95. The number of para-hydroxylation sites is 1. The van der Waals surface area contributed by atoms with Gasteiger partial charge < -0.3 is 9.26 Å². The maximum absolute atomic E-state index is 11.7. The number of rotatable bonds is 4. The van der Waals surface area contributed by atoms with Gasteiger partial charge in [0, 0.05) is 16.6 Å². The molecular weight excluding hydrogens is 288 g/mol. The Kier molecular flexibility index (Phi) is 3.96. The van der Waals surface area contributed by atoms with Crippen molar-refractivity contribution in [3.63, 3.8) is 0 Å². The average Bonchev–Trinajstić information content (AvgIpc) is 2.95. The molecule has 21 heavy (non-hydrogen) atoms. The summed E-state index contributed by atoms with van der Waals surface area (Å²) in [6.45, 7) is 3.72. The number of Topliss-reactive ketones (excluding diaryl/α,β-unsaturated/α-hetero) is 1. The number of fused-ring (bicyclic) bond motifs is 1. The van der Waals surface area contributed by atoms with Crippen LogP contribution in [0.15, 0.2) is 33.7 Å². The van der Waals surface area contributed by atoms with Crippen LogP contribution in [0.4, 0.5) is 0 Å². The van der Waals surface area contributed by atoms with E-state index in [0.717, 1.165) is 16.4 Å². The molecule has 1 aliphatic heterocycles. The Morgan fingerprint density at radius 2 is 2.24 bits per heavy atom. The largest absolute Gasteiger partial charge is 0.480 e. The molecule has 0 fully saturated rings. The van der Waals surface area contributed by atoms with Crippen LogP contribution in [0.2, 0.25) is 0 Å². The zero-order chi connectivity index (χ0) is 14.8. The lowest BCUT2D eigenvalue weighted by Gasteiger charge is -2.22. The highest BCUT2D eigenvalue weighted by Gasteiger charge is 2.26. The Hall–Kier alpha value is -1.82. The number of ketones is 1. The van der Waals surface area contributed by atoms with E-state index in [1.54, 1.807) is 11.8 Å². The highest BCUT2D eigenvalue weighted by molar-refractivity contribution is 7.99. The molecule has 1 aromatic heterocycles. The number of hydrogen-bond donors (Lipinski definition) is 0. The minimum absolute atomic E-state index is 0.0336. The van der Waals surface area contributed by atoms with Gasteiger partial charge in [0.2, 0.25) is 11.7 Å². The summed E-state index contributed by atoms with van der Waals surface area (Å²) in [6, 6.07) is 7.88. The summed E-state index contributed by atoms with van der Waals surface area (Å²) in [6.07, 6.45) is -0.0576. The molecule has 5 nitrogen and oxygen atoms in total. The van der Waals surface area contributed by atoms with Gasteiger partial charge in [0.05, 0.1) is 6.42 Å². The number of carbonyl (C=O) groups excluding carboxylic acids is 1. The quantitative estimate of drug-likeness (QED) is 0.865. The Balaban J connectivity index is 1.72. The third-order valence-electron chi connectivity index (χ3n) is 3.25. The van der Waals surface area contributed by atoms with Crippen LogP contribution < -0.4 is 4.74 Å². The molecule has 3 rings (SSSR count). The van der Waals surface area contributed by atoms with E-state index >= 15 is 0 Å². The van der Waals surface area contributed by atoms with Crippen LogP contribution in [0.25, 0.3) is 0 Å². The fourth-order valence-corrected chi connectivity index (χ4v) is 2.95. The Labute approximate surface area is 127 Å². The summed E-state index contributed by atoms with van der Waals surface area (Å²) in [5.41, 5.74) is 0. The Morgan fingerprint density at radius 3 is 3.05 bits per heavy atom. The molecule has 1 unspecified atom stereocenters. The van der Waals surface area contributed by atoms with Crippen molar-refractivity contribution < 1.29 is 14.1 Å². The molecule has 0 amide bonds. The molecule has 1 aromatic carbocycles. The predicted molar refractivity (Wildman–Crippen MR) is 78.4 cm³/mol. The smallest absolute Gasteiger partial charge is 0.234 e. The average molecular weight is 304 g/mol. The molecule has 6 heteroatoms. The van der Waals surface area contributed by atoms with Gasteiger partial charge in [0.15, 0.2) is 6.10 Å². The van der Waals surface area contributed by atoms with Crippen molar-refractivity contribution in [2.45, 2.75) is 31.3 Å². The van der Waals surface area contributed by atoms with Crippen LogP contribution in [-0.4, -0.2) is 21.7 Å². The number of benzene rings is 1. The van der Waals surface area contributed by atoms with Crippen molar-refractivity contribution in [3.8, 4) is 5.75 Å². The molecule has 1 atom stereocenters. The second kappa shape index (κ2) is 5.89. The van der Waals surface area contributed by atoms with Crippen molar-refractivity contribution in [3.05, 3.63) is 36.0 Å². The zero-order valence-corrected chi connectivity index (χ0v) is 12.7. The first-order chi connectivity index (χ1) is 10.1. The number of carbonyl (C=O) groups is 1. The van der Waals surface area contributed by atoms with Gasteiger partial charge >= 0.3 is 0 Å². The van der Waals surface area contributed by atoms with Crippen LogP contribution in [-0.2, 0) is 11.2 Å². The standard InChI is InChI=1S/C15H16N2O3S/c1-9(2)10(18)7-14-16-15(17-20-14)12-8-21-13-6-4-3-5-11(13)19-12/h3-6,9,12H,7-8H2,1-2H3. The zero-order valence-electron chi connectivity index (χ0n) is 11.9. The fourth-order valence-electron chi connectivity index (χ4n) is 1.97. The summed E-state index contributed by atoms with van der Waals surface area (Å²) in [4.78, 5) is 17.1. The topological polar surface area (TPSA) is 65.2 Å². The first kappa shape index (κ1) is 14.1. The highest BCUT2D eigenvalue weighted by atomic mass is 32.2. The first-order valence-electron chi connectivity index (χ1n) is 6.87. The molecule has 1 aliphatic rings. The van der Waals surface area contributed by atoms with Crippen molar-refractivity contribution in [1.82, 2.24) is 10.1 Å². The van der Waals surface area contributed by atoms with E-state index < -0.39 is 0 Å². The molecule has 0 bridgehead atoms. The SMILES string of the molecule is CC(C)C(=O)Cc1nc(C2CSc3ccccc3O2)no1. The molecule has 110 valence electrons. The third kappa shape index (κ3) is 3.10. The maximum atomic E-state index is 11.7. The number of thioether (sulfide) groups is 1. The van der Waals surface area contributed by atoms with E-state index in [9.17, 15) is 4.79 Å². The Morgan fingerprint density at radius 1 is 1.43 bits per heavy atom. The fraction of sp³-hybridized carbons (Fsp3) is 0.400. The summed E-state index contributed by atoms with van der Waals surface area (Å²) in [5.74, 6) is 2.49. The second-order valence-electron chi connectivity index (χ2n) is 5.21. The maximum Gasteiger partial charge on any atom is 0.234 e. The van der Waals surface area contributed by atoms with Gasteiger partial charge in [0.1, 0.15) is 11.5 Å². The van der Waals surface area contributed by atoms with Gasteiger partial charge in [-0.25, -0.2) is 0 Å². The van der Waals surface area contributed by atoms with Gasteiger partial charge in [-0.1, -0.05) is 31.1 Å². The van der Waals surface area contributed by atoms with Crippen molar-refractivity contribution in [1.29, 1.82) is 0 Å². The van der Waals surface area contributed by atoms with Crippen LogP contribution in [0, 0.1) is 5.92 Å². The van der Waals surface area contributed by atoms with Crippen molar-refractivity contribution in [2.24, 2.45) is 5.92 Å². The van der Waals surface area contributed by atoms with Gasteiger partial charge in [-0.2, -0.15) is 4.98 Å². The van der Waals surface area contributed by atoms with Crippen LogP contribution in [0.3, 0.4) is 0 Å². The molecule has 2 aromatic rings. The number of hydrogen-bond acceptors (Lipinski definition) is 6. The lowest BCUT2D eigenvalue weighted by atomic mass is 10.1. The molecular formula is C15H16N2O3S. The van der Waals surface area contributed by atoms with Crippen LogP contribution >= 0.6 is 11.8 Å². The molecule has 2 heterocycles. The lowest BCUT2D eigenvalue weighted by molar-refractivity contribution is -0.121. The summed E-state index contributed by atoms with van der Waals surface area (Å²) in [7, 11) is 0. The predicted octanol–water partition coefficient (Wildman–Crippen LogP) is 3.06. The van der Waals surface area contributed by atoms with E-state index in [0.29, 0.717) is 11.7 Å². The van der Waals surface area contributed by atoms with E-state index in [1.165, 1.54) is 0 Å². The van der Waals surface area contributed by atoms with E-state index in [1.807, 2.05) is 38.1 Å². The molecule has 0 saturated heterocycles. The minimum atomic E-state index is -0.239. The van der Waals surface area contributed by atoms with E-state index in [2.05, 4.69) is 10.1 Å². The van der Waals surface area contributed by atoms with Gasteiger partial charge in [-0.15, -0.1) is 11.8 Å². The molecule has 0 radical (unpaired) electrons. The third-order valence-corrected chi connectivity index (χ3v) is 4.37. The van der Waals surface area contributed by atoms with E-state index in [-0.39, 0.29) is 24.2 Å². The minimum Gasteiger partial charge on any atom is -0.480 e.